The number of ether oxygens (including phenoxy) is 1. The van der Waals surface area contributed by atoms with Crippen LogP contribution in [-0.2, 0) is 6.54 Å². The van der Waals surface area contributed by atoms with Gasteiger partial charge in [-0.05, 0) is 36.9 Å². The Bertz CT molecular complexity index is 802. The van der Waals surface area contributed by atoms with E-state index in [4.69, 9.17) is 4.74 Å². The second kappa shape index (κ2) is 7.02. The lowest BCUT2D eigenvalue weighted by Crippen LogP contribution is -2.45. The van der Waals surface area contributed by atoms with Crippen LogP contribution in [0.2, 0.25) is 0 Å². The van der Waals surface area contributed by atoms with Crippen LogP contribution in [0.5, 0.6) is 5.75 Å². The summed E-state index contributed by atoms with van der Waals surface area (Å²) in [6.07, 6.45) is 0. The van der Waals surface area contributed by atoms with E-state index >= 15 is 0 Å². The van der Waals surface area contributed by atoms with E-state index < -0.39 is 5.69 Å². The van der Waals surface area contributed by atoms with Gasteiger partial charge in [0, 0.05) is 32.7 Å². The third-order valence-electron chi connectivity index (χ3n) is 4.40. The van der Waals surface area contributed by atoms with E-state index in [1.165, 1.54) is 0 Å². The molecule has 3 rings (SSSR count). The van der Waals surface area contributed by atoms with Gasteiger partial charge in [-0.25, -0.2) is 4.79 Å². The molecule has 0 atom stereocenters. The summed E-state index contributed by atoms with van der Waals surface area (Å²) >= 11 is 0. The molecule has 128 valence electrons. The first-order chi connectivity index (χ1) is 11.6. The molecule has 2 aromatic rings. The van der Waals surface area contributed by atoms with Gasteiger partial charge in [-0.3, -0.25) is 14.7 Å². The number of rotatable bonds is 4. The molecular formula is C17H22N4O3. The molecule has 1 aromatic heterocycles. The SMILES string of the molecule is COc1ccc(-c2[nH]c(=O)[nH]c(=O)c2CN2CCN(C)CC2)cc1. The molecule has 2 heterocycles. The molecular weight excluding hydrogens is 308 g/mol. The molecule has 1 aliphatic heterocycles. The molecule has 0 saturated carbocycles. The van der Waals surface area contributed by atoms with Crippen molar-refractivity contribution in [2.24, 2.45) is 0 Å². The summed E-state index contributed by atoms with van der Waals surface area (Å²) in [5, 5.41) is 0. The monoisotopic (exact) mass is 330 g/mol. The number of aromatic nitrogens is 2. The zero-order valence-corrected chi connectivity index (χ0v) is 14.0. The van der Waals surface area contributed by atoms with Crippen LogP contribution in [0, 0.1) is 0 Å². The fourth-order valence-corrected chi connectivity index (χ4v) is 2.90. The van der Waals surface area contributed by atoms with Gasteiger partial charge in [0.1, 0.15) is 5.75 Å². The highest BCUT2D eigenvalue weighted by Gasteiger charge is 2.18. The first-order valence-electron chi connectivity index (χ1n) is 7.97. The van der Waals surface area contributed by atoms with Crippen molar-refractivity contribution in [1.29, 1.82) is 0 Å². The van der Waals surface area contributed by atoms with Crippen LogP contribution in [0.25, 0.3) is 11.3 Å². The fraction of sp³-hybridized carbons (Fsp3) is 0.412. The number of likely N-dealkylation sites (N-methyl/N-ethyl adjacent to an activating group) is 1. The van der Waals surface area contributed by atoms with Gasteiger partial charge in [0.2, 0.25) is 0 Å². The number of aromatic amines is 2. The predicted molar refractivity (Wildman–Crippen MR) is 92.4 cm³/mol. The zero-order chi connectivity index (χ0) is 17.1. The number of nitrogens with one attached hydrogen (secondary N) is 2. The van der Waals surface area contributed by atoms with E-state index in [0.29, 0.717) is 17.8 Å². The minimum Gasteiger partial charge on any atom is -0.497 e. The van der Waals surface area contributed by atoms with Crippen LogP contribution >= 0.6 is 0 Å². The lowest BCUT2D eigenvalue weighted by Gasteiger charge is -2.32. The molecule has 0 spiro atoms. The Kier molecular flexibility index (Phi) is 4.82. The van der Waals surface area contributed by atoms with Gasteiger partial charge in [-0.2, -0.15) is 0 Å². The maximum absolute atomic E-state index is 12.4. The topological polar surface area (TPSA) is 81.4 Å². The standard InChI is InChI=1S/C17H22N4O3/c1-20-7-9-21(10-8-20)11-14-15(18-17(23)19-16(14)22)12-3-5-13(24-2)6-4-12/h3-6H,7-11H2,1-2H3,(H2,18,19,22,23). The summed E-state index contributed by atoms with van der Waals surface area (Å²) in [4.78, 5) is 33.7. The van der Waals surface area contributed by atoms with E-state index in [2.05, 4.69) is 26.8 Å². The number of hydrogen-bond acceptors (Lipinski definition) is 5. The lowest BCUT2D eigenvalue weighted by atomic mass is 10.1. The predicted octanol–water partition coefficient (Wildman–Crippen LogP) is 0.486. The van der Waals surface area contributed by atoms with Gasteiger partial charge in [0.15, 0.2) is 0 Å². The summed E-state index contributed by atoms with van der Waals surface area (Å²) < 4.78 is 5.16. The van der Waals surface area contributed by atoms with Crippen LogP contribution in [0.3, 0.4) is 0 Å². The molecule has 1 fully saturated rings. The van der Waals surface area contributed by atoms with Crippen LogP contribution in [0.15, 0.2) is 33.9 Å². The largest absolute Gasteiger partial charge is 0.497 e. The first kappa shape index (κ1) is 16.5. The average Bonchev–Trinajstić information content (AvgIpc) is 2.59. The molecule has 1 aromatic carbocycles. The van der Waals surface area contributed by atoms with Gasteiger partial charge in [-0.15, -0.1) is 0 Å². The number of hydrogen-bond donors (Lipinski definition) is 2. The lowest BCUT2D eigenvalue weighted by molar-refractivity contribution is 0.148. The Morgan fingerprint density at radius 3 is 2.33 bits per heavy atom. The summed E-state index contributed by atoms with van der Waals surface area (Å²) in [5.41, 5.74) is 1.13. The van der Waals surface area contributed by atoms with Crippen LogP contribution in [0.4, 0.5) is 0 Å². The molecule has 1 saturated heterocycles. The van der Waals surface area contributed by atoms with Gasteiger partial charge >= 0.3 is 5.69 Å². The number of piperazine rings is 1. The highest BCUT2D eigenvalue weighted by molar-refractivity contribution is 5.63. The summed E-state index contributed by atoms with van der Waals surface area (Å²) in [7, 11) is 3.69. The summed E-state index contributed by atoms with van der Waals surface area (Å²) in [5.74, 6) is 0.728. The van der Waals surface area contributed by atoms with Crippen LogP contribution in [-0.4, -0.2) is 60.1 Å². The Morgan fingerprint density at radius 2 is 1.71 bits per heavy atom. The van der Waals surface area contributed by atoms with E-state index in [0.717, 1.165) is 37.5 Å². The minimum atomic E-state index is -0.493. The molecule has 0 aliphatic carbocycles. The van der Waals surface area contributed by atoms with Gasteiger partial charge in [0.05, 0.1) is 18.4 Å². The minimum absolute atomic E-state index is 0.330. The normalized spacial score (nSPS) is 16.2. The Labute approximate surface area is 139 Å². The van der Waals surface area contributed by atoms with Gasteiger partial charge in [-0.1, -0.05) is 0 Å². The molecule has 0 amide bonds. The van der Waals surface area contributed by atoms with Crippen molar-refractivity contribution >= 4 is 0 Å². The number of H-pyrrole nitrogens is 2. The third-order valence-corrected chi connectivity index (χ3v) is 4.40. The Balaban J connectivity index is 1.95. The van der Waals surface area contributed by atoms with E-state index in [1.54, 1.807) is 7.11 Å². The quantitative estimate of drug-likeness (QED) is 0.852. The summed E-state index contributed by atoms with van der Waals surface area (Å²) in [6.45, 7) is 4.26. The second-order valence-corrected chi connectivity index (χ2v) is 6.07. The fourth-order valence-electron chi connectivity index (χ4n) is 2.90. The van der Waals surface area contributed by atoms with Crippen molar-refractivity contribution in [1.82, 2.24) is 19.8 Å². The van der Waals surface area contributed by atoms with Crippen molar-refractivity contribution < 1.29 is 4.74 Å². The second-order valence-electron chi connectivity index (χ2n) is 6.07. The van der Waals surface area contributed by atoms with Crippen molar-refractivity contribution in [2.75, 3.05) is 40.3 Å². The zero-order valence-electron chi connectivity index (χ0n) is 14.0. The Hall–Kier alpha value is -2.38. The summed E-state index contributed by atoms with van der Waals surface area (Å²) in [6, 6.07) is 7.32. The van der Waals surface area contributed by atoms with Crippen molar-refractivity contribution in [3.05, 3.63) is 50.7 Å². The maximum atomic E-state index is 12.4. The molecule has 1 aliphatic rings. The van der Waals surface area contributed by atoms with E-state index in [-0.39, 0.29) is 5.56 Å². The number of methoxy groups -OCH3 is 1. The highest BCUT2D eigenvalue weighted by Crippen LogP contribution is 2.22. The Morgan fingerprint density at radius 1 is 1.04 bits per heavy atom. The molecule has 0 bridgehead atoms. The maximum Gasteiger partial charge on any atom is 0.326 e. The molecule has 24 heavy (non-hydrogen) atoms. The van der Waals surface area contributed by atoms with Gasteiger partial charge in [0.25, 0.3) is 5.56 Å². The molecule has 0 unspecified atom stereocenters. The van der Waals surface area contributed by atoms with Crippen molar-refractivity contribution in [3.63, 3.8) is 0 Å². The van der Waals surface area contributed by atoms with Gasteiger partial charge < -0.3 is 14.6 Å². The number of benzene rings is 1. The average molecular weight is 330 g/mol. The highest BCUT2D eigenvalue weighted by atomic mass is 16.5. The molecule has 2 N–H and O–H groups in total. The van der Waals surface area contributed by atoms with Crippen molar-refractivity contribution in [2.45, 2.75) is 6.54 Å². The molecule has 7 nitrogen and oxygen atoms in total. The smallest absolute Gasteiger partial charge is 0.326 e. The van der Waals surface area contributed by atoms with E-state index in [1.807, 2.05) is 24.3 Å². The van der Waals surface area contributed by atoms with E-state index in [9.17, 15) is 9.59 Å². The van der Waals surface area contributed by atoms with Crippen molar-refractivity contribution in [3.8, 4) is 17.0 Å². The number of nitrogens with zero attached hydrogens (tertiary/aromatic N) is 2. The molecule has 0 radical (unpaired) electrons. The third kappa shape index (κ3) is 3.58. The molecule has 7 heteroatoms. The van der Waals surface area contributed by atoms with Crippen LogP contribution in [0.1, 0.15) is 5.56 Å². The van der Waals surface area contributed by atoms with Crippen LogP contribution < -0.4 is 16.0 Å². The first-order valence-corrected chi connectivity index (χ1v) is 7.97.